The zero-order valence-electron chi connectivity index (χ0n) is 9.43. The number of ether oxygens (including phenoxy) is 1. The number of carbonyl (C=O) groups excluding carboxylic acids is 1. The summed E-state index contributed by atoms with van der Waals surface area (Å²) in [6.07, 6.45) is 0. The molecular formula is C12H15FO2. The Kier molecular flexibility index (Phi) is 3.12. The summed E-state index contributed by atoms with van der Waals surface area (Å²) >= 11 is 0. The van der Waals surface area contributed by atoms with Gasteiger partial charge in [0.25, 0.3) is 0 Å². The average molecular weight is 210 g/mol. The van der Waals surface area contributed by atoms with Gasteiger partial charge in [0.1, 0.15) is 11.6 Å². The summed E-state index contributed by atoms with van der Waals surface area (Å²) in [5.41, 5.74) is -0.581. The molecule has 0 spiro atoms. The summed E-state index contributed by atoms with van der Waals surface area (Å²) in [5.74, 6) is -0.498. The Morgan fingerprint density at radius 1 is 1.33 bits per heavy atom. The minimum atomic E-state index is -0.616. The first-order valence-electron chi connectivity index (χ1n) is 4.75. The molecule has 0 aliphatic carbocycles. The zero-order valence-corrected chi connectivity index (χ0v) is 9.43. The van der Waals surface area contributed by atoms with Crippen LogP contribution in [0, 0.1) is 11.2 Å². The van der Waals surface area contributed by atoms with Crippen molar-refractivity contribution in [2.45, 2.75) is 20.8 Å². The molecule has 82 valence electrons. The summed E-state index contributed by atoms with van der Waals surface area (Å²) in [4.78, 5) is 11.9. The van der Waals surface area contributed by atoms with E-state index in [0.29, 0.717) is 0 Å². The van der Waals surface area contributed by atoms with E-state index in [2.05, 4.69) is 0 Å². The maximum Gasteiger partial charge on any atom is 0.174 e. The summed E-state index contributed by atoms with van der Waals surface area (Å²) < 4.78 is 18.5. The van der Waals surface area contributed by atoms with Gasteiger partial charge in [0.2, 0.25) is 0 Å². The van der Waals surface area contributed by atoms with E-state index in [0.717, 1.165) is 0 Å². The number of hydrogen-bond donors (Lipinski definition) is 0. The van der Waals surface area contributed by atoms with Gasteiger partial charge in [-0.3, -0.25) is 4.79 Å². The van der Waals surface area contributed by atoms with Crippen molar-refractivity contribution >= 4 is 5.78 Å². The van der Waals surface area contributed by atoms with Crippen molar-refractivity contribution in [1.29, 1.82) is 0 Å². The molecule has 15 heavy (non-hydrogen) atoms. The van der Waals surface area contributed by atoms with Crippen LogP contribution in [0.3, 0.4) is 0 Å². The van der Waals surface area contributed by atoms with E-state index in [-0.39, 0.29) is 17.1 Å². The summed E-state index contributed by atoms with van der Waals surface area (Å²) in [5, 5.41) is 0. The van der Waals surface area contributed by atoms with Crippen molar-refractivity contribution in [1.82, 2.24) is 0 Å². The third-order valence-corrected chi connectivity index (χ3v) is 2.10. The third-order valence-electron chi connectivity index (χ3n) is 2.10. The van der Waals surface area contributed by atoms with E-state index >= 15 is 0 Å². The van der Waals surface area contributed by atoms with E-state index in [1.165, 1.54) is 19.2 Å². The normalized spacial score (nSPS) is 11.3. The second kappa shape index (κ2) is 4.01. The molecule has 0 bridgehead atoms. The van der Waals surface area contributed by atoms with Crippen LogP contribution in [-0.2, 0) is 0 Å². The van der Waals surface area contributed by atoms with Crippen LogP contribution in [0.25, 0.3) is 0 Å². The van der Waals surface area contributed by atoms with E-state index in [9.17, 15) is 9.18 Å². The maximum atomic E-state index is 13.5. The molecule has 0 aliphatic rings. The van der Waals surface area contributed by atoms with Crippen LogP contribution in [0.15, 0.2) is 18.2 Å². The molecule has 3 heteroatoms. The molecule has 1 aromatic rings. The van der Waals surface area contributed by atoms with Gasteiger partial charge in [-0.1, -0.05) is 26.8 Å². The molecule has 0 heterocycles. The van der Waals surface area contributed by atoms with Gasteiger partial charge in [-0.15, -0.1) is 0 Å². The van der Waals surface area contributed by atoms with Gasteiger partial charge in [0.15, 0.2) is 5.78 Å². The van der Waals surface area contributed by atoms with Gasteiger partial charge >= 0.3 is 0 Å². The molecule has 0 saturated heterocycles. The van der Waals surface area contributed by atoms with E-state index in [4.69, 9.17) is 4.74 Å². The Morgan fingerprint density at radius 2 is 1.93 bits per heavy atom. The van der Waals surface area contributed by atoms with Gasteiger partial charge in [-0.25, -0.2) is 4.39 Å². The SMILES string of the molecule is COc1cccc(F)c1C(=O)C(C)(C)C. The third kappa shape index (κ3) is 2.35. The molecule has 0 N–H and O–H groups in total. The highest BCUT2D eigenvalue weighted by Crippen LogP contribution is 2.29. The number of hydrogen-bond acceptors (Lipinski definition) is 2. The van der Waals surface area contributed by atoms with E-state index < -0.39 is 11.2 Å². The number of benzene rings is 1. The maximum absolute atomic E-state index is 13.5. The lowest BCUT2D eigenvalue weighted by Gasteiger charge is -2.18. The topological polar surface area (TPSA) is 26.3 Å². The van der Waals surface area contributed by atoms with Gasteiger partial charge in [0, 0.05) is 5.41 Å². The molecule has 0 fully saturated rings. The van der Waals surface area contributed by atoms with E-state index in [1.807, 2.05) is 0 Å². The largest absolute Gasteiger partial charge is 0.496 e. The standard InChI is InChI=1S/C12H15FO2/c1-12(2,3)11(14)10-8(13)6-5-7-9(10)15-4/h5-7H,1-4H3. The quantitative estimate of drug-likeness (QED) is 0.701. The Hall–Kier alpha value is -1.38. The number of methoxy groups -OCH3 is 1. The van der Waals surface area contributed by atoms with Crippen LogP contribution in [0.1, 0.15) is 31.1 Å². The average Bonchev–Trinajstić information content (AvgIpc) is 2.15. The van der Waals surface area contributed by atoms with Crippen LogP contribution >= 0.6 is 0 Å². The van der Waals surface area contributed by atoms with Gasteiger partial charge in [-0.2, -0.15) is 0 Å². The van der Waals surface area contributed by atoms with Crippen molar-refractivity contribution in [3.63, 3.8) is 0 Å². The highest BCUT2D eigenvalue weighted by atomic mass is 19.1. The lowest BCUT2D eigenvalue weighted by molar-refractivity contribution is 0.0850. The van der Waals surface area contributed by atoms with Gasteiger partial charge in [0.05, 0.1) is 12.7 Å². The predicted octanol–water partition coefficient (Wildman–Crippen LogP) is 3.06. The fraction of sp³-hybridized carbons (Fsp3) is 0.417. The first-order chi connectivity index (χ1) is 6.88. The molecule has 0 aromatic heterocycles. The highest BCUT2D eigenvalue weighted by Gasteiger charge is 2.28. The number of ketones is 1. The molecule has 0 radical (unpaired) electrons. The van der Waals surface area contributed by atoms with Crippen molar-refractivity contribution < 1.29 is 13.9 Å². The summed E-state index contributed by atoms with van der Waals surface area (Å²) in [7, 11) is 1.42. The smallest absolute Gasteiger partial charge is 0.174 e. The summed E-state index contributed by atoms with van der Waals surface area (Å²) in [6.45, 7) is 5.25. The second-order valence-corrected chi connectivity index (χ2v) is 4.40. The fourth-order valence-electron chi connectivity index (χ4n) is 1.27. The Bertz CT molecular complexity index is 378. The first-order valence-corrected chi connectivity index (χ1v) is 4.75. The lowest BCUT2D eigenvalue weighted by Crippen LogP contribution is -2.22. The van der Waals surface area contributed by atoms with Crippen molar-refractivity contribution in [3.05, 3.63) is 29.6 Å². The summed E-state index contributed by atoms with van der Waals surface area (Å²) in [6, 6.07) is 4.37. The zero-order chi connectivity index (χ0) is 11.6. The van der Waals surface area contributed by atoms with Crippen molar-refractivity contribution in [3.8, 4) is 5.75 Å². The molecule has 0 unspecified atom stereocenters. The predicted molar refractivity (Wildman–Crippen MR) is 56.7 cm³/mol. The Labute approximate surface area is 89.1 Å². The first kappa shape index (κ1) is 11.7. The number of Topliss-reactive ketones (excluding diaryl/α,β-unsaturated/α-hetero) is 1. The van der Waals surface area contributed by atoms with Crippen LogP contribution in [0.5, 0.6) is 5.75 Å². The minimum Gasteiger partial charge on any atom is -0.496 e. The second-order valence-electron chi connectivity index (χ2n) is 4.40. The number of halogens is 1. The minimum absolute atomic E-state index is 0.0347. The van der Waals surface area contributed by atoms with Crippen LogP contribution in [0.4, 0.5) is 4.39 Å². The lowest BCUT2D eigenvalue weighted by atomic mass is 9.86. The molecule has 2 nitrogen and oxygen atoms in total. The Morgan fingerprint density at radius 3 is 2.40 bits per heavy atom. The molecule has 1 aromatic carbocycles. The van der Waals surface area contributed by atoms with Crippen molar-refractivity contribution in [2.24, 2.45) is 5.41 Å². The highest BCUT2D eigenvalue weighted by molar-refractivity contribution is 6.02. The number of rotatable bonds is 2. The molecular weight excluding hydrogens is 195 g/mol. The van der Waals surface area contributed by atoms with Crippen molar-refractivity contribution in [2.75, 3.05) is 7.11 Å². The van der Waals surface area contributed by atoms with E-state index in [1.54, 1.807) is 26.8 Å². The van der Waals surface area contributed by atoms with Crippen LogP contribution in [-0.4, -0.2) is 12.9 Å². The fourth-order valence-corrected chi connectivity index (χ4v) is 1.27. The number of carbonyl (C=O) groups is 1. The van der Waals surface area contributed by atoms with Crippen LogP contribution in [0.2, 0.25) is 0 Å². The molecule has 1 rings (SSSR count). The Balaban J connectivity index is 3.30. The molecule has 0 amide bonds. The molecule has 0 saturated carbocycles. The monoisotopic (exact) mass is 210 g/mol. The molecule has 0 atom stereocenters. The van der Waals surface area contributed by atoms with Gasteiger partial charge < -0.3 is 4.74 Å². The van der Waals surface area contributed by atoms with Crippen LogP contribution < -0.4 is 4.74 Å². The molecule has 0 aliphatic heterocycles. The van der Waals surface area contributed by atoms with Gasteiger partial charge in [-0.05, 0) is 12.1 Å².